The number of aromatic nitrogens is 3. The second kappa shape index (κ2) is 5.94. The molecule has 1 heterocycles. The predicted octanol–water partition coefficient (Wildman–Crippen LogP) is 1.55. The Hall–Kier alpha value is -2.52. The molecule has 0 amide bonds. The van der Waals surface area contributed by atoms with Gasteiger partial charge in [-0.25, -0.2) is 0 Å². The highest BCUT2D eigenvalue weighted by Crippen LogP contribution is 2.26. The van der Waals surface area contributed by atoms with Gasteiger partial charge in [0, 0.05) is 6.61 Å². The number of benzene rings is 2. The van der Waals surface area contributed by atoms with Gasteiger partial charge >= 0.3 is 10.5 Å². The predicted molar refractivity (Wildman–Crippen MR) is 80.3 cm³/mol. The van der Waals surface area contributed by atoms with Crippen LogP contribution < -0.4 is 4.18 Å². The van der Waals surface area contributed by atoms with Crippen LogP contribution in [0.25, 0.3) is 16.7 Å². The van der Waals surface area contributed by atoms with Crippen LogP contribution in [0, 0.1) is 0 Å². The lowest BCUT2D eigenvalue weighted by molar-refractivity contribution is 0.299. The number of aliphatic hydroxyl groups excluding tert-OH is 1. The van der Waals surface area contributed by atoms with Crippen molar-refractivity contribution in [3.8, 4) is 11.4 Å². The molecule has 0 radical (unpaired) electrons. The van der Waals surface area contributed by atoms with E-state index in [1.54, 1.807) is 24.3 Å². The SMILES string of the molecule is O=S(=O)(F)Oc1ccc(CCO)cc1-n1nc2ccccc2n1. The molecule has 0 aliphatic carbocycles. The molecule has 3 aromatic rings. The van der Waals surface area contributed by atoms with Gasteiger partial charge in [0.25, 0.3) is 0 Å². The molecule has 120 valence electrons. The third kappa shape index (κ3) is 3.46. The molecule has 23 heavy (non-hydrogen) atoms. The molecule has 0 aliphatic rings. The van der Waals surface area contributed by atoms with Gasteiger partial charge in [-0.15, -0.1) is 15.0 Å². The van der Waals surface area contributed by atoms with Crippen LogP contribution in [0.3, 0.4) is 0 Å². The second-order valence-corrected chi connectivity index (χ2v) is 5.68. The highest BCUT2D eigenvalue weighted by Gasteiger charge is 2.17. The standard InChI is InChI=1S/C14H12FN3O4S/c15-23(20,21)22-14-6-5-10(7-8-19)9-13(14)18-16-11-3-1-2-4-12(11)17-18/h1-6,9,19H,7-8H2. The lowest BCUT2D eigenvalue weighted by Crippen LogP contribution is -2.08. The zero-order chi connectivity index (χ0) is 16.4. The molecule has 0 aliphatic heterocycles. The molecule has 9 heteroatoms. The van der Waals surface area contributed by atoms with E-state index in [9.17, 15) is 12.3 Å². The fourth-order valence-corrected chi connectivity index (χ4v) is 2.50. The maximum Gasteiger partial charge on any atom is 0.488 e. The van der Waals surface area contributed by atoms with E-state index in [0.717, 1.165) is 0 Å². The molecule has 0 atom stereocenters. The molecule has 1 aromatic heterocycles. The van der Waals surface area contributed by atoms with Crippen molar-refractivity contribution in [1.29, 1.82) is 0 Å². The van der Waals surface area contributed by atoms with Crippen LogP contribution in [0.1, 0.15) is 5.56 Å². The van der Waals surface area contributed by atoms with Crippen molar-refractivity contribution in [2.24, 2.45) is 0 Å². The number of nitrogens with zero attached hydrogens (tertiary/aromatic N) is 3. The Balaban J connectivity index is 2.15. The van der Waals surface area contributed by atoms with E-state index in [4.69, 9.17) is 5.11 Å². The second-order valence-electron chi connectivity index (χ2n) is 4.73. The van der Waals surface area contributed by atoms with E-state index in [0.29, 0.717) is 23.0 Å². The first-order valence-corrected chi connectivity index (χ1v) is 7.97. The number of hydrogen-bond donors (Lipinski definition) is 1. The fourth-order valence-electron chi connectivity index (χ4n) is 2.15. The van der Waals surface area contributed by atoms with Crippen molar-refractivity contribution >= 4 is 21.5 Å². The smallest absolute Gasteiger partial charge is 0.396 e. The van der Waals surface area contributed by atoms with Crippen LogP contribution in [-0.4, -0.2) is 35.1 Å². The lowest BCUT2D eigenvalue weighted by Gasteiger charge is -2.09. The summed E-state index contributed by atoms with van der Waals surface area (Å²) in [6.45, 7) is -0.0877. The summed E-state index contributed by atoms with van der Waals surface area (Å²) < 4.78 is 38.8. The summed E-state index contributed by atoms with van der Waals surface area (Å²) in [5, 5.41) is 17.5. The number of aliphatic hydroxyl groups is 1. The highest BCUT2D eigenvalue weighted by atomic mass is 32.3. The van der Waals surface area contributed by atoms with Crippen LogP contribution in [0.15, 0.2) is 42.5 Å². The molecule has 2 aromatic carbocycles. The van der Waals surface area contributed by atoms with Crippen LogP contribution in [0.5, 0.6) is 5.75 Å². The van der Waals surface area contributed by atoms with Gasteiger partial charge in [0.1, 0.15) is 16.7 Å². The first-order valence-electron chi connectivity index (χ1n) is 6.66. The van der Waals surface area contributed by atoms with Gasteiger partial charge < -0.3 is 9.29 Å². The van der Waals surface area contributed by atoms with Crippen LogP contribution in [-0.2, 0) is 16.9 Å². The average molecular weight is 337 g/mol. The van der Waals surface area contributed by atoms with Crippen molar-refractivity contribution < 1.29 is 21.6 Å². The number of hydrogen-bond acceptors (Lipinski definition) is 6. The third-order valence-electron chi connectivity index (χ3n) is 3.12. The summed E-state index contributed by atoms with van der Waals surface area (Å²) in [6, 6.07) is 11.4. The van der Waals surface area contributed by atoms with Crippen molar-refractivity contribution in [2.45, 2.75) is 6.42 Å². The lowest BCUT2D eigenvalue weighted by atomic mass is 10.1. The number of rotatable bonds is 5. The fraction of sp³-hybridized carbons (Fsp3) is 0.143. The van der Waals surface area contributed by atoms with Crippen molar-refractivity contribution in [3.63, 3.8) is 0 Å². The first-order chi connectivity index (χ1) is 11.0. The Kier molecular flexibility index (Phi) is 3.97. The van der Waals surface area contributed by atoms with Gasteiger partial charge in [-0.2, -0.15) is 8.42 Å². The van der Waals surface area contributed by atoms with Crippen LogP contribution in [0.2, 0.25) is 0 Å². The van der Waals surface area contributed by atoms with Gasteiger partial charge in [0.05, 0.1) is 0 Å². The van der Waals surface area contributed by atoms with Crippen molar-refractivity contribution in [1.82, 2.24) is 15.0 Å². The summed E-state index contributed by atoms with van der Waals surface area (Å²) in [7, 11) is -5.18. The summed E-state index contributed by atoms with van der Waals surface area (Å²) >= 11 is 0. The Morgan fingerprint density at radius 2 is 1.78 bits per heavy atom. The zero-order valence-electron chi connectivity index (χ0n) is 11.8. The molecule has 0 fully saturated rings. The van der Waals surface area contributed by atoms with Gasteiger partial charge in [-0.3, -0.25) is 0 Å². The Bertz CT molecular complexity index is 923. The molecule has 7 nitrogen and oxygen atoms in total. The average Bonchev–Trinajstić information content (AvgIpc) is 2.91. The summed E-state index contributed by atoms with van der Waals surface area (Å²) in [5.41, 5.74) is 2.05. The maximum atomic E-state index is 12.9. The van der Waals surface area contributed by atoms with E-state index in [2.05, 4.69) is 14.4 Å². The van der Waals surface area contributed by atoms with E-state index in [-0.39, 0.29) is 18.0 Å². The van der Waals surface area contributed by atoms with Gasteiger partial charge in [0.2, 0.25) is 0 Å². The minimum atomic E-state index is -5.18. The molecule has 1 N–H and O–H groups in total. The van der Waals surface area contributed by atoms with Crippen LogP contribution >= 0.6 is 0 Å². The molecular formula is C14H12FN3O4S. The quantitative estimate of drug-likeness (QED) is 0.710. The Morgan fingerprint density at radius 3 is 2.35 bits per heavy atom. The van der Waals surface area contributed by atoms with Gasteiger partial charge in [-0.05, 0) is 36.2 Å². The number of halogens is 1. The molecule has 0 bridgehead atoms. The summed E-state index contributed by atoms with van der Waals surface area (Å²) in [4.78, 5) is 1.17. The molecule has 0 spiro atoms. The Morgan fingerprint density at radius 1 is 1.13 bits per heavy atom. The normalized spacial score (nSPS) is 11.7. The minimum absolute atomic E-state index is 0.0877. The van der Waals surface area contributed by atoms with E-state index < -0.39 is 10.5 Å². The van der Waals surface area contributed by atoms with Crippen LogP contribution in [0.4, 0.5) is 3.89 Å². The summed E-state index contributed by atoms with van der Waals surface area (Å²) in [6.07, 6.45) is 0.344. The largest absolute Gasteiger partial charge is 0.488 e. The number of fused-ring (bicyclic) bond motifs is 1. The first kappa shape index (κ1) is 15.4. The summed E-state index contributed by atoms with van der Waals surface area (Å²) in [5.74, 6) is -0.241. The molecule has 0 saturated carbocycles. The Labute approximate surface area is 131 Å². The maximum absolute atomic E-state index is 12.9. The van der Waals surface area contributed by atoms with Gasteiger partial charge in [-0.1, -0.05) is 22.1 Å². The van der Waals surface area contributed by atoms with E-state index in [1.807, 2.05) is 0 Å². The minimum Gasteiger partial charge on any atom is -0.396 e. The topological polar surface area (TPSA) is 94.3 Å². The van der Waals surface area contributed by atoms with E-state index >= 15 is 0 Å². The monoisotopic (exact) mass is 337 g/mol. The third-order valence-corrected chi connectivity index (χ3v) is 3.49. The van der Waals surface area contributed by atoms with E-state index in [1.165, 1.54) is 23.0 Å². The molecule has 3 rings (SSSR count). The zero-order valence-corrected chi connectivity index (χ0v) is 12.6. The molecule has 0 saturated heterocycles. The van der Waals surface area contributed by atoms with Crippen molar-refractivity contribution in [3.05, 3.63) is 48.0 Å². The van der Waals surface area contributed by atoms with Gasteiger partial charge in [0.15, 0.2) is 5.75 Å². The van der Waals surface area contributed by atoms with Crippen molar-refractivity contribution in [2.75, 3.05) is 6.61 Å². The molecule has 0 unspecified atom stereocenters. The highest BCUT2D eigenvalue weighted by molar-refractivity contribution is 7.81. The molecular weight excluding hydrogens is 325 g/mol.